The maximum Gasteiger partial charge on any atom is 0.249 e. The Balaban J connectivity index is 1.50. The highest BCUT2D eigenvalue weighted by Gasteiger charge is 2.55. The molecule has 2 N–H and O–H groups in total. The summed E-state index contributed by atoms with van der Waals surface area (Å²) < 4.78 is 33.1. The van der Waals surface area contributed by atoms with Crippen molar-refractivity contribution in [1.82, 2.24) is 14.8 Å². The molecule has 3 fully saturated rings. The minimum atomic E-state index is -2.73. The summed E-state index contributed by atoms with van der Waals surface area (Å²) >= 11 is 1.53. The number of likely N-dealkylation sites (tertiary alicyclic amines) is 1. The molecule has 3 saturated heterocycles. The number of nitrogens with two attached hydrogens (primary N) is 1. The molecule has 5 rings (SSSR count). The molecule has 0 radical (unpaired) electrons. The van der Waals surface area contributed by atoms with Gasteiger partial charge in [0.05, 0.1) is 23.6 Å². The number of likely N-dealkylation sites (N-methyl/N-ethyl adjacent to an activating group) is 1. The lowest BCUT2D eigenvalue weighted by Gasteiger charge is -2.32. The Morgan fingerprint density at radius 1 is 1.20 bits per heavy atom. The molecule has 0 bridgehead atoms. The van der Waals surface area contributed by atoms with Crippen molar-refractivity contribution in [3.8, 4) is 11.3 Å². The van der Waals surface area contributed by atoms with E-state index >= 15 is 0 Å². The molecule has 0 spiro atoms. The summed E-state index contributed by atoms with van der Waals surface area (Å²) in [6.07, 6.45) is -3.42. The van der Waals surface area contributed by atoms with Crippen LogP contribution < -0.4 is 10.6 Å². The molecule has 1 aromatic carbocycles. The Morgan fingerprint density at radius 3 is 2.58 bits per heavy atom. The molecule has 4 atom stereocenters. The number of piperazine rings is 1. The third-order valence-electron chi connectivity index (χ3n) is 8.09. The standard InChI is InChI=1S/C28H35F2N5O4S/c1-15(2)10-19(27(38)35-12-20(25(29)30)24-23(35)22(36)13-39-24)18-11-16(4-5-17(18)26(31)37)21-14-40-28(32-21)34-8-6-33(3)7-9-34/h4-5,11,14-15,19-20,23-25H,6-10,12-13H2,1-3H3,(H2,31,37)/t19-,20+,23+,24+/m0/s1. The third kappa shape index (κ3) is 5.48. The summed E-state index contributed by atoms with van der Waals surface area (Å²) in [5, 5.41) is 2.85. The highest BCUT2D eigenvalue weighted by molar-refractivity contribution is 7.14. The number of ether oxygens (including phenoxy) is 1. The van der Waals surface area contributed by atoms with Gasteiger partial charge in [-0.25, -0.2) is 13.8 Å². The average molecular weight is 576 g/mol. The van der Waals surface area contributed by atoms with Crippen molar-refractivity contribution in [1.29, 1.82) is 0 Å². The number of amides is 2. The van der Waals surface area contributed by atoms with Crippen LogP contribution in [0.2, 0.25) is 0 Å². The van der Waals surface area contributed by atoms with Crippen molar-refractivity contribution in [2.24, 2.45) is 17.6 Å². The number of anilines is 1. The van der Waals surface area contributed by atoms with Gasteiger partial charge in [0.2, 0.25) is 18.2 Å². The van der Waals surface area contributed by atoms with E-state index in [1.807, 2.05) is 19.2 Å². The number of nitrogens with zero attached hydrogens (tertiary/aromatic N) is 4. The van der Waals surface area contributed by atoms with Crippen LogP contribution in [0.15, 0.2) is 23.6 Å². The summed E-state index contributed by atoms with van der Waals surface area (Å²) in [4.78, 5) is 49.8. The molecule has 0 saturated carbocycles. The molecule has 4 heterocycles. The van der Waals surface area contributed by atoms with Gasteiger partial charge in [-0.3, -0.25) is 14.4 Å². The molecular formula is C28H35F2N5O4S. The van der Waals surface area contributed by atoms with Crippen LogP contribution in [0.4, 0.5) is 13.9 Å². The van der Waals surface area contributed by atoms with E-state index in [0.717, 1.165) is 36.9 Å². The molecule has 0 unspecified atom stereocenters. The second kappa shape index (κ2) is 11.5. The van der Waals surface area contributed by atoms with E-state index in [1.165, 1.54) is 16.2 Å². The quantitative estimate of drug-likeness (QED) is 0.516. The van der Waals surface area contributed by atoms with Crippen LogP contribution in [0.1, 0.15) is 42.1 Å². The number of fused-ring (bicyclic) bond motifs is 1. The number of hydrogen-bond donors (Lipinski definition) is 1. The van der Waals surface area contributed by atoms with E-state index in [0.29, 0.717) is 17.7 Å². The molecule has 1 aromatic heterocycles. The topological polar surface area (TPSA) is 109 Å². The fourth-order valence-corrected chi connectivity index (χ4v) is 6.84. The van der Waals surface area contributed by atoms with Crippen molar-refractivity contribution >= 4 is 34.1 Å². The molecule has 40 heavy (non-hydrogen) atoms. The average Bonchev–Trinajstić information content (AvgIpc) is 3.64. The Bertz CT molecular complexity index is 1280. The molecule has 2 aromatic rings. The van der Waals surface area contributed by atoms with Crippen molar-refractivity contribution in [3.63, 3.8) is 0 Å². The first-order valence-electron chi connectivity index (χ1n) is 13.6. The third-order valence-corrected chi connectivity index (χ3v) is 8.99. The van der Waals surface area contributed by atoms with Crippen LogP contribution in [0.25, 0.3) is 11.3 Å². The van der Waals surface area contributed by atoms with Gasteiger partial charge < -0.3 is 25.2 Å². The van der Waals surface area contributed by atoms with Crippen molar-refractivity contribution < 1.29 is 27.9 Å². The number of thiazole rings is 1. The van der Waals surface area contributed by atoms with E-state index < -0.39 is 42.2 Å². The Hall–Kier alpha value is -2.96. The predicted molar refractivity (Wildman–Crippen MR) is 148 cm³/mol. The van der Waals surface area contributed by atoms with Gasteiger partial charge in [-0.15, -0.1) is 11.3 Å². The van der Waals surface area contributed by atoms with Crippen LogP contribution in [0.5, 0.6) is 0 Å². The summed E-state index contributed by atoms with van der Waals surface area (Å²) in [6, 6.07) is 4.07. The van der Waals surface area contributed by atoms with Crippen molar-refractivity contribution in [2.45, 2.75) is 44.8 Å². The molecule has 12 heteroatoms. The fourth-order valence-electron chi connectivity index (χ4n) is 5.95. The minimum absolute atomic E-state index is 0.0289. The van der Waals surface area contributed by atoms with E-state index in [9.17, 15) is 23.2 Å². The normalized spacial score (nSPS) is 24.3. The second-order valence-electron chi connectivity index (χ2n) is 11.3. The molecule has 0 aliphatic carbocycles. The summed E-state index contributed by atoms with van der Waals surface area (Å²) in [6.45, 7) is 6.95. The summed E-state index contributed by atoms with van der Waals surface area (Å²) in [7, 11) is 2.09. The number of benzene rings is 1. The van der Waals surface area contributed by atoms with E-state index in [4.69, 9.17) is 15.5 Å². The number of rotatable bonds is 8. The predicted octanol–water partition coefficient (Wildman–Crippen LogP) is 2.85. The number of aromatic nitrogens is 1. The molecule has 3 aliphatic heterocycles. The van der Waals surface area contributed by atoms with Gasteiger partial charge in [-0.2, -0.15) is 0 Å². The van der Waals surface area contributed by atoms with Crippen molar-refractivity contribution in [2.75, 3.05) is 51.3 Å². The number of halogens is 2. The summed E-state index contributed by atoms with van der Waals surface area (Å²) in [5.41, 5.74) is 7.79. The van der Waals surface area contributed by atoms with Crippen LogP contribution in [0, 0.1) is 11.8 Å². The minimum Gasteiger partial charge on any atom is -0.367 e. The molecular weight excluding hydrogens is 540 g/mol. The van der Waals surface area contributed by atoms with Gasteiger partial charge in [0, 0.05) is 49.2 Å². The van der Waals surface area contributed by atoms with Crippen LogP contribution in [-0.2, 0) is 14.3 Å². The highest BCUT2D eigenvalue weighted by Crippen LogP contribution is 2.40. The number of carbonyl (C=O) groups excluding carboxylic acids is 3. The number of Topliss-reactive ketones (excluding diaryl/α,β-unsaturated/α-hetero) is 1. The summed E-state index contributed by atoms with van der Waals surface area (Å²) in [5.74, 6) is -3.62. The number of alkyl halides is 2. The second-order valence-corrected chi connectivity index (χ2v) is 12.2. The van der Waals surface area contributed by atoms with E-state index in [-0.39, 0.29) is 30.4 Å². The largest absolute Gasteiger partial charge is 0.367 e. The fraction of sp³-hybridized carbons (Fsp3) is 0.571. The lowest BCUT2D eigenvalue weighted by atomic mass is 9.84. The lowest BCUT2D eigenvalue weighted by molar-refractivity contribution is -0.138. The Morgan fingerprint density at radius 2 is 1.93 bits per heavy atom. The van der Waals surface area contributed by atoms with E-state index in [2.05, 4.69) is 16.8 Å². The van der Waals surface area contributed by atoms with Crippen molar-refractivity contribution in [3.05, 3.63) is 34.7 Å². The first-order chi connectivity index (χ1) is 19.0. The molecule has 3 aliphatic rings. The first kappa shape index (κ1) is 28.6. The number of primary amides is 1. The smallest absolute Gasteiger partial charge is 0.249 e. The van der Waals surface area contributed by atoms with Gasteiger partial charge in [-0.05, 0) is 37.1 Å². The van der Waals surface area contributed by atoms with E-state index in [1.54, 1.807) is 18.2 Å². The SMILES string of the molecule is CC(C)C[C@H](C(=O)N1C[C@@H](C(F)F)[C@H]2OCC(=O)[C@H]21)c1cc(-c2csc(N3CCN(C)CC3)n2)ccc1C(N)=O. The van der Waals surface area contributed by atoms with Gasteiger partial charge in [0.1, 0.15) is 12.6 Å². The molecule has 216 valence electrons. The number of carbonyl (C=O) groups is 3. The van der Waals surface area contributed by atoms with Crippen LogP contribution in [-0.4, -0.2) is 97.3 Å². The van der Waals surface area contributed by atoms with Gasteiger partial charge in [-0.1, -0.05) is 19.9 Å². The monoisotopic (exact) mass is 575 g/mol. The lowest BCUT2D eigenvalue weighted by Crippen LogP contribution is -2.44. The zero-order chi connectivity index (χ0) is 28.7. The van der Waals surface area contributed by atoms with Gasteiger partial charge >= 0.3 is 0 Å². The first-order valence-corrected chi connectivity index (χ1v) is 14.5. The van der Waals surface area contributed by atoms with Gasteiger partial charge in [0.15, 0.2) is 10.9 Å². The zero-order valence-electron chi connectivity index (χ0n) is 22.9. The molecule has 2 amide bonds. The Labute approximate surface area is 236 Å². The zero-order valence-corrected chi connectivity index (χ0v) is 23.7. The highest BCUT2D eigenvalue weighted by atomic mass is 32.1. The molecule has 9 nitrogen and oxygen atoms in total. The Kier molecular flexibility index (Phi) is 8.21. The number of ketones is 1. The van der Waals surface area contributed by atoms with Crippen LogP contribution in [0.3, 0.4) is 0 Å². The maximum absolute atomic E-state index is 14.1. The maximum atomic E-state index is 14.1. The van der Waals surface area contributed by atoms with Crippen LogP contribution >= 0.6 is 11.3 Å². The van der Waals surface area contributed by atoms with Gasteiger partial charge in [0.25, 0.3) is 0 Å². The number of hydrogen-bond acceptors (Lipinski definition) is 8.